The molecule has 3 N–H and O–H groups in total. The molecule has 0 aromatic heterocycles. The topological polar surface area (TPSA) is 73.8 Å². The number of hydrogen-bond acceptors (Lipinski definition) is 5. The maximum atomic E-state index is 13.2. The fraction of sp³-hybridized carbons (Fsp3) is 0.409. The minimum Gasteiger partial charge on any atom is -0.508 e. The number of rotatable bonds is 6. The molecule has 2 aliphatic rings. The van der Waals surface area contributed by atoms with Crippen molar-refractivity contribution in [1.29, 1.82) is 0 Å². The van der Waals surface area contributed by atoms with Crippen LogP contribution in [0.25, 0.3) is 0 Å². The van der Waals surface area contributed by atoms with Crippen LogP contribution in [-0.2, 0) is 9.53 Å². The van der Waals surface area contributed by atoms with Crippen LogP contribution in [0.5, 0.6) is 5.75 Å². The van der Waals surface area contributed by atoms with Gasteiger partial charge in [-0.05, 0) is 25.0 Å². The number of nitrogens with zero attached hydrogens (tertiary/aromatic N) is 1. The van der Waals surface area contributed by atoms with E-state index in [2.05, 4.69) is 42.0 Å². The minimum atomic E-state index is -0.321. The van der Waals surface area contributed by atoms with E-state index in [1.54, 1.807) is 13.2 Å². The molecule has 0 saturated carbocycles. The van der Waals surface area contributed by atoms with Gasteiger partial charge in [0.25, 0.3) is 0 Å². The summed E-state index contributed by atoms with van der Waals surface area (Å²) in [7, 11) is 1.68. The summed E-state index contributed by atoms with van der Waals surface area (Å²) in [6.45, 7) is 3.33. The molecule has 4 atom stereocenters. The molecular weight excluding hydrogens is 354 g/mol. The van der Waals surface area contributed by atoms with E-state index in [1.807, 2.05) is 23.1 Å². The lowest BCUT2D eigenvalue weighted by atomic mass is 9.83. The second-order valence-electron chi connectivity index (χ2n) is 7.61. The number of carbonyl (C=O) groups is 1. The Labute approximate surface area is 165 Å². The maximum Gasteiger partial charge on any atom is 0.242 e. The lowest BCUT2D eigenvalue weighted by Crippen LogP contribution is -2.41. The Balaban J connectivity index is 1.72. The molecule has 2 aromatic rings. The van der Waals surface area contributed by atoms with Gasteiger partial charge in [0.1, 0.15) is 11.8 Å². The van der Waals surface area contributed by atoms with Crippen LogP contribution in [0.3, 0.4) is 0 Å². The number of likely N-dealkylation sites (tertiary alicyclic amines) is 1. The van der Waals surface area contributed by atoms with Crippen molar-refractivity contribution < 1.29 is 14.6 Å². The molecule has 2 fully saturated rings. The molecule has 2 aliphatic heterocycles. The Morgan fingerprint density at radius 2 is 1.79 bits per heavy atom. The Morgan fingerprint density at radius 1 is 1.07 bits per heavy atom. The van der Waals surface area contributed by atoms with Gasteiger partial charge in [0.05, 0.1) is 12.1 Å². The molecule has 148 valence electrons. The zero-order valence-electron chi connectivity index (χ0n) is 16.3. The molecule has 28 heavy (non-hydrogen) atoms. The van der Waals surface area contributed by atoms with Crippen LogP contribution in [0, 0.1) is 12.8 Å². The molecule has 0 bridgehead atoms. The number of hydrazine groups is 1. The summed E-state index contributed by atoms with van der Waals surface area (Å²) in [4.78, 5) is 15.2. The third-order valence-electron chi connectivity index (χ3n) is 5.85. The van der Waals surface area contributed by atoms with Crippen LogP contribution in [0.1, 0.15) is 35.2 Å². The standard InChI is InChI=1S/C22H27N3O3/c1-14-8-10-15(11-9-14)21-18-19(16-6-3-4-7-17(16)26)23-24-20(18)22(27)25(21)12-5-13-28-2/h3-4,6-11,18-21,23-24,26H,5,12-13H2,1-2H3. The van der Waals surface area contributed by atoms with E-state index in [1.165, 1.54) is 5.56 Å². The predicted octanol–water partition coefficient (Wildman–Crippen LogP) is 2.45. The maximum absolute atomic E-state index is 13.2. The number of fused-ring (bicyclic) bond motifs is 1. The summed E-state index contributed by atoms with van der Waals surface area (Å²) < 4.78 is 5.19. The molecule has 6 heteroatoms. The predicted molar refractivity (Wildman–Crippen MR) is 107 cm³/mol. The third kappa shape index (κ3) is 3.28. The van der Waals surface area contributed by atoms with Crippen LogP contribution in [0.15, 0.2) is 48.5 Å². The highest BCUT2D eigenvalue weighted by Gasteiger charge is 2.55. The number of phenols is 1. The number of carbonyl (C=O) groups excluding carboxylic acids is 1. The SMILES string of the molecule is COCCCN1C(=O)C2NNC(c3ccccc3O)C2C1c1ccc(C)cc1. The molecule has 2 aromatic carbocycles. The van der Waals surface area contributed by atoms with Crippen molar-refractivity contribution in [2.24, 2.45) is 5.92 Å². The second kappa shape index (κ2) is 7.91. The summed E-state index contributed by atoms with van der Waals surface area (Å²) in [6.07, 6.45) is 0.790. The number of para-hydroxylation sites is 1. The molecule has 2 heterocycles. The molecule has 0 spiro atoms. The number of aryl methyl sites for hydroxylation is 1. The number of benzene rings is 2. The van der Waals surface area contributed by atoms with Gasteiger partial charge < -0.3 is 14.7 Å². The Bertz CT molecular complexity index is 839. The summed E-state index contributed by atoms with van der Waals surface area (Å²) >= 11 is 0. The fourth-order valence-electron chi connectivity index (χ4n) is 4.51. The lowest BCUT2D eigenvalue weighted by Gasteiger charge is -2.31. The van der Waals surface area contributed by atoms with E-state index in [0.717, 1.165) is 17.5 Å². The van der Waals surface area contributed by atoms with E-state index in [-0.39, 0.29) is 35.7 Å². The van der Waals surface area contributed by atoms with Gasteiger partial charge >= 0.3 is 0 Å². The van der Waals surface area contributed by atoms with Gasteiger partial charge in [-0.3, -0.25) is 4.79 Å². The van der Waals surface area contributed by atoms with Gasteiger partial charge in [0.2, 0.25) is 5.91 Å². The summed E-state index contributed by atoms with van der Waals surface area (Å²) in [5.41, 5.74) is 9.58. The average molecular weight is 381 g/mol. The fourth-order valence-corrected chi connectivity index (χ4v) is 4.51. The Hall–Kier alpha value is -2.41. The first-order chi connectivity index (χ1) is 13.6. The van der Waals surface area contributed by atoms with Crippen LogP contribution in [0.4, 0.5) is 0 Å². The first kappa shape index (κ1) is 18.9. The zero-order valence-corrected chi connectivity index (χ0v) is 16.3. The van der Waals surface area contributed by atoms with E-state index >= 15 is 0 Å². The summed E-state index contributed by atoms with van der Waals surface area (Å²) in [6, 6.07) is 15.2. The molecule has 1 amide bonds. The van der Waals surface area contributed by atoms with E-state index < -0.39 is 0 Å². The van der Waals surface area contributed by atoms with Crippen molar-refractivity contribution in [2.45, 2.75) is 31.5 Å². The summed E-state index contributed by atoms with van der Waals surface area (Å²) in [5, 5.41) is 10.4. The van der Waals surface area contributed by atoms with Crippen molar-refractivity contribution in [3.63, 3.8) is 0 Å². The van der Waals surface area contributed by atoms with E-state index in [9.17, 15) is 9.90 Å². The number of ether oxygens (including phenoxy) is 1. The number of methoxy groups -OCH3 is 1. The first-order valence-corrected chi connectivity index (χ1v) is 9.76. The number of nitrogens with one attached hydrogen (secondary N) is 2. The van der Waals surface area contributed by atoms with Crippen molar-refractivity contribution in [1.82, 2.24) is 15.8 Å². The molecule has 6 nitrogen and oxygen atoms in total. The monoisotopic (exact) mass is 381 g/mol. The first-order valence-electron chi connectivity index (χ1n) is 9.76. The van der Waals surface area contributed by atoms with E-state index in [0.29, 0.717) is 13.2 Å². The van der Waals surface area contributed by atoms with Gasteiger partial charge in [-0.2, -0.15) is 0 Å². The molecule has 4 rings (SSSR count). The Kier molecular flexibility index (Phi) is 5.35. The average Bonchev–Trinajstić information content (AvgIpc) is 3.23. The molecule has 4 unspecified atom stereocenters. The van der Waals surface area contributed by atoms with Crippen LogP contribution in [0.2, 0.25) is 0 Å². The highest BCUT2D eigenvalue weighted by Crippen LogP contribution is 2.48. The highest BCUT2D eigenvalue weighted by atomic mass is 16.5. The zero-order chi connectivity index (χ0) is 19.7. The lowest BCUT2D eigenvalue weighted by molar-refractivity contribution is -0.131. The number of aromatic hydroxyl groups is 1. The van der Waals surface area contributed by atoms with E-state index in [4.69, 9.17) is 4.74 Å². The summed E-state index contributed by atoms with van der Waals surface area (Å²) in [5.74, 6) is 0.318. The Morgan fingerprint density at radius 3 is 2.50 bits per heavy atom. The van der Waals surface area contributed by atoms with Gasteiger partial charge in [0, 0.05) is 31.7 Å². The third-order valence-corrected chi connectivity index (χ3v) is 5.85. The van der Waals surface area contributed by atoms with Crippen molar-refractivity contribution in [3.8, 4) is 5.75 Å². The molecule has 0 radical (unpaired) electrons. The number of phenolic OH excluding ortho intramolecular Hbond substituents is 1. The highest BCUT2D eigenvalue weighted by molar-refractivity contribution is 5.86. The van der Waals surface area contributed by atoms with Gasteiger partial charge in [-0.1, -0.05) is 48.0 Å². The normalized spacial score (nSPS) is 26.6. The number of hydrogen-bond donors (Lipinski definition) is 3. The van der Waals surface area contributed by atoms with Gasteiger partial charge in [-0.25, -0.2) is 10.9 Å². The second-order valence-corrected chi connectivity index (χ2v) is 7.61. The van der Waals surface area contributed by atoms with Crippen LogP contribution in [-0.4, -0.2) is 42.2 Å². The van der Waals surface area contributed by atoms with Gasteiger partial charge in [-0.15, -0.1) is 0 Å². The minimum absolute atomic E-state index is 0.0222. The van der Waals surface area contributed by atoms with Crippen molar-refractivity contribution in [3.05, 3.63) is 65.2 Å². The van der Waals surface area contributed by atoms with Crippen molar-refractivity contribution in [2.75, 3.05) is 20.3 Å². The molecular formula is C22H27N3O3. The van der Waals surface area contributed by atoms with Crippen molar-refractivity contribution >= 4 is 5.91 Å². The quantitative estimate of drug-likeness (QED) is 0.671. The largest absolute Gasteiger partial charge is 0.508 e. The van der Waals surface area contributed by atoms with Crippen LogP contribution >= 0.6 is 0 Å². The van der Waals surface area contributed by atoms with Crippen LogP contribution < -0.4 is 10.9 Å². The van der Waals surface area contributed by atoms with Gasteiger partial charge in [0.15, 0.2) is 0 Å². The number of amides is 1. The smallest absolute Gasteiger partial charge is 0.242 e. The molecule has 2 saturated heterocycles. The molecule has 0 aliphatic carbocycles.